The number of hydrogen-bond acceptors (Lipinski definition) is 3. The van der Waals surface area contributed by atoms with E-state index < -0.39 is 0 Å². The largest absolute Gasteiger partial charge is 0.384 e. The normalized spacial score (nSPS) is 22.9. The van der Waals surface area contributed by atoms with E-state index in [1.165, 1.54) is 12.0 Å². The van der Waals surface area contributed by atoms with Gasteiger partial charge in [-0.15, -0.1) is 0 Å². The van der Waals surface area contributed by atoms with Crippen molar-refractivity contribution in [2.45, 2.75) is 33.7 Å². The zero-order chi connectivity index (χ0) is 15.7. The first-order chi connectivity index (χ1) is 10.5. The quantitative estimate of drug-likeness (QED) is 0.946. The Morgan fingerprint density at radius 2 is 1.77 bits per heavy atom. The summed E-state index contributed by atoms with van der Waals surface area (Å²) in [5.74, 6) is 2.23. The number of nitrogen functional groups attached to an aromatic ring is 1. The molecule has 1 aliphatic rings. The van der Waals surface area contributed by atoms with Gasteiger partial charge in [0.25, 0.3) is 0 Å². The van der Waals surface area contributed by atoms with Gasteiger partial charge >= 0.3 is 0 Å². The highest BCUT2D eigenvalue weighted by molar-refractivity contribution is 5.43. The molecule has 118 valence electrons. The molecule has 1 fully saturated rings. The Balaban J connectivity index is 1.76. The van der Waals surface area contributed by atoms with Crippen LogP contribution < -0.4 is 5.73 Å². The Morgan fingerprint density at radius 1 is 1.14 bits per heavy atom. The maximum absolute atomic E-state index is 6.15. The lowest BCUT2D eigenvalue weighted by Crippen LogP contribution is -2.38. The number of aromatic nitrogens is 2. The van der Waals surface area contributed by atoms with E-state index in [0.717, 1.165) is 42.9 Å². The van der Waals surface area contributed by atoms with Crippen LogP contribution in [0, 0.1) is 18.8 Å². The van der Waals surface area contributed by atoms with Crippen LogP contribution in [-0.4, -0.2) is 27.8 Å². The highest BCUT2D eigenvalue weighted by atomic mass is 15.3. The standard InChI is InChI=1S/C18H26N4/c1-13-4-6-17(7-5-13)22-18(19)9-16(20-22)12-21-10-14(2)8-15(3)11-21/h4-7,9,14-15H,8,10-12,19H2,1-3H3. The second-order valence-electron chi connectivity index (χ2n) is 6.95. The molecule has 1 aromatic carbocycles. The summed E-state index contributed by atoms with van der Waals surface area (Å²) < 4.78 is 1.84. The maximum atomic E-state index is 6.15. The van der Waals surface area contributed by atoms with Crippen LogP contribution in [0.15, 0.2) is 30.3 Å². The van der Waals surface area contributed by atoms with Crippen molar-refractivity contribution in [2.24, 2.45) is 11.8 Å². The number of nitrogens with zero attached hydrogens (tertiary/aromatic N) is 3. The average molecular weight is 298 g/mol. The van der Waals surface area contributed by atoms with Gasteiger partial charge in [-0.3, -0.25) is 4.90 Å². The predicted molar refractivity (Wildman–Crippen MR) is 90.9 cm³/mol. The van der Waals surface area contributed by atoms with Crippen molar-refractivity contribution in [1.29, 1.82) is 0 Å². The van der Waals surface area contributed by atoms with E-state index in [1.807, 2.05) is 10.7 Å². The number of anilines is 1. The monoisotopic (exact) mass is 298 g/mol. The number of nitrogens with two attached hydrogens (primary N) is 1. The van der Waals surface area contributed by atoms with Gasteiger partial charge in [0.1, 0.15) is 5.82 Å². The molecular formula is C18H26N4. The Hall–Kier alpha value is -1.81. The number of benzene rings is 1. The Kier molecular flexibility index (Phi) is 4.21. The molecule has 0 amide bonds. The molecule has 0 aliphatic carbocycles. The second-order valence-corrected chi connectivity index (χ2v) is 6.95. The first kappa shape index (κ1) is 15.1. The van der Waals surface area contributed by atoms with Crippen molar-refractivity contribution in [3.63, 3.8) is 0 Å². The van der Waals surface area contributed by atoms with Gasteiger partial charge in [-0.2, -0.15) is 5.10 Å². The van der Waals surface area contributed by atoms with Crippen LogP contribution in [-0.2, 0) is 6.54 Å². The minimum Gasteiger partial charge on any atom is -0.384 e. The van der Waals surface area contributed by atoms with E-state index in [9.17, 15) is 0 Å². The first-order valence-corrected chi connectivity index (χ1v) is 8.15. The summed E-state index contributed by atoms with van der Waals surface area (Å²) in [5.41, 5.74) is 9.47. The van der Waals surface area contributed by atoms with E-state index >= 15 is 0 Å². The third kappa shape index (κ3) is 3.33. The molecule has 3 rings (SSSR count). The minimum atomic E-state index is 0.706. The fraction of sp³-hybridized carbons (Fsp3) is 0.500. The first-order valence-electron chi connectivity index (χ1n) is 8.15. The van der Waals surface area contributed by atoms with E-state index in [-0.39, 0.29) is 0 Å². The Morgan fingerprint density at radius 3 is 2.41 bits per heavy atom. The number of rotatable bonds is 3. The lowest BCUT2D eigenvalue weighted by atomic mass is 9.92. The van der Waals surface area contributed by atoms with Crippen molar-refractivity contribution in [2.75, 3.05) is 18.8 Å². The molecule has 2 heterocycles. The van der Waals surface area contributed by atoms with Crippen molar-refractivity contribution >= 4 is 5.82 Å². The third-order valence-electron chi connectivity index (χ3n) is 4.40. The lowest BCUT2D eigenvalue weighted by Gasteiger charge is -2.34. The molecule has 2 unspecified atom stereocenters. The van der Waals surface area contributed by atoms with Crippen molar-refractivity contribution < 1.29 is 0 Å². The molecule has 0 bridgehead atoms. The summed E-state index contributed by atoms with van der Waals surface area (Å²) in [6, 6.07) is 10.3. The summed E-state index contributed by atoms with van der Waals surface area (Å²) in [6.07, 6.45) is 1.33. The minimum absolute atomic E-state index is 0.706. The second kappa shape index (κ2) is 6.13. The van der Waals surface area contributed by atoms with Crippen LogP contribution in [0.1, 0.15) is 31.5 Å². The number of aryl methyl sites for hydroxylation is 1. The van der Waals surface area contributed by atoms with E-state index in [1.54, 1.807) is 0 Å². The van der Waals surface area contributed by atoms with Gasteiger partial charge in [0.05, 0.1) is 11.4 Å². The summed E-state index contributed by atoms with van der Waals surface area (Å²) in [6.45, 7) is 9.95. The van der Waals surface area contributed by atoms with Gasteiger partial charge in [-0.25, -0.2) is 4.68 Å². The molecular weight excluding hydrogens is 272 g/mol. The average Bonchev–Trinajstić information content (AvgIpc) is 2.79. The van der Waals surface area contributed by atoms with Crippen LogP contribution in [0.5, 0.6) is 0 Å². The van der Waals surface area contributed by atoms with Crippen LogP contribution in [0.2, 0.25) is 0 Å². The van der Waals surface area contributed by atoms with E-state index in [0.29, 0.717) is 5.82 Å². The number of likely N-dealkylation sites (tertiary alicyclic amines) is 1. The molecule has 4 heteroatoms. The van der Waals surface area contributed by atoms with Crippen LogP contribution in [0.25, 0.3) is 5.69 Å². The Labute approximate surface area is 132 Å². The summed E-state index contributed by atoms with van der Waals surface area (Å²) >= 11 is 0. The van der Waals surface area contributed by atoms with Crippen LogP contribution >= 0.6 is 0 Å². The molecule has 0 saturated carbocycles. The van der Waals surface area contributed by atoms with Gasteiger partial charge in [0.15, 0.2) is 0 Å². The lowest BCUT2D eigenvalue weighted by molar-refractivity contribution is 0.133. The van der Waals surface area contributed by atoms with E-state index in [2.05, 4.69) is 49.9 Å². The molecule has 4 nitrogen and oxygen atoms in total. The summed E-state index contributed by atoms with van der Waals surface area (Å²) in [5, 5.41) is 4.70. The zero-order valence-corrected chi connectivity index (χ0v) is 13.8. The molecule has 2 aromatic rings. The van der Waals surface area contributed by atoms with Gasteiger partial charge in [0.2, 0.25) is 0 Å². The van der Waals surface area contributed by atoms with Crippen molar-refractivity contribution in [3.8, 4) is 5.69 Å². The fourth-order valence-corrected chi connectivity index (χ4v) is 3.57. The number of hydrogen-bond donors (Lipinski definition) is 1. The number of piperidine rings is 1. The van der Waals surface area contributed by atoms with Crippen molar-refractivity contribution in [1.82, 2.24) is 14.7 Å². The molecule has 2 N–H and O–H groups in total. The van der Waals surface area contributed by atoms with Gasteiger partial charge in [-0.1, -0.05) is 31.5 Å². The van der Waals surface area contributed by atoms with Gasteiger partial charge < -0.3 is 5.73 Å². The molecule has 22 heavy (non-hydrogen) atoms. The predicted octanol–water partition coefficient (Wildman–Crippen LogP) is 3.24. The van der Waals surface area contributed by atoms with Gasteiger partial charge in [0, 0.05) is 25.7 Å². The highest BCUT2D eigenvalue weighted by Gasteiger charge is 2.22. The highest BCUT2D eigenvalue weighted by Crippen LogP contribution is 2.23. The topological polar surface area (TPSA) is 47.1 Å². The molecule has 0 spiro atoms. The molecule has 0 radical (unpaired) electrons. The molecule has 2 atom stereocenters. The SMILES string of the molecule is Cc1ccc(-n2nc(CN3CC(C)CC(C)C3)cc2N)cc1. The summed E-state index contributed by atoms with van der Waals surface area (Å²) in [7, 11) is 0. The van der Waals surface area contributed by atoms with E-state index in [4.69, 9.17) is 10.8 Å². The Bertz CT molecular complexity index is 619. The van der Waals surface area contributed by atoms with Crippen molar-refractivity contribution in [3.05, 3.63) is 41.6 Å². The fourth-order valence-electron chi connectivity index (χ4n) is 3.57. The molecule has 1 saturated heterocycles. The van der Waals surface area contributed by atoms with Crippen LogP contribution in [0.3, 0.4) is 0 Å². The smallest absolute Gasteiger partial charge is 0.127 e. The van der Waals surface area contributed by atoms with Crippen LogP contribution in [0.4, 0.5) is 5.82 Å². The summed E-state index contributed by atoms with van der Waals surface area (Å²) in [4.78, 5) is 2.50. The molecule has 1 aromatic heterocycles. The third-order valence-corrected chi connectivity index (χ3v) is 4.40. The zero-order valence-electron chi connectivity index (χ0n) is 13.8. The molecule has 1 aliphatic heterocycles. The maximum Gasteiger partial charge on any atom is 0.127 e. The van der Waals surface area contributed by atoms with Gasteiger partial charge in [-0.05, 0) is 37.3 Å².